The van der Waals surface area contributed by atoms with Gasteiger partial charge in [-0.05, 0) is 32.9 Å². The number of aliphatic imine (C=N–C) groups is 1. The molecule has 1 aliphatic rings. The first-order valence-corrected chi connectivity index (χ1v) is 11.5. The average molecular weight is 493 g/mol. The van der Waals surface area contributed by atoms with Crippen LogP contribution in [0.4, 0.5) is 17.5 Å². The van der Waals surface area contributed by atoms with Gasteiger partial charge in [-0.2, -0.15) is 15.1 Å². The molecule has 1 aromatic carbocycles. The molecule has 36 heavy (non-hydrogen) atoms. The number of hydrogen-bond donors (Lipinski definition) is 3. The molecule has 0 fully saturated rings. The fourth-order valence-electron chi connectivity index (χ4n) is 4.12. The maximum atomic E-state index is 12.1. The number of carbonyl (C=O) groups excluding carboxylic acids is 1. The average Bonchev–Trinajstić information content (AvgIpc) is 3.32. The molecule has 0 bridgehead atoms. The molecule has 2 unspecified atom stereocenters. The van der Waals surface area contributed by atoms with Crippen LogP contribution in [0.2, 0.25) is 0 Å². The van der Waals surface area contributed by atoms with Crippen LogP contribution < -0.4 is 21.1 Å². The third kappa shape index (κ3) is 5.08. The van der Waals surface area contributed by atoms with Gasteiger partial charge in [0.05, 0.1) is 25.0 Å². The summed E-state index contributed by atoms with van der Waals surface area (Å²) < 4.78 is 7.68. The molecule has 3 aromatic rings. The minimum absolute atomic E-state index is 0.0269. The van der Waals surface area contributed by atoms with Crippen LogP contribution in [-0.4, -0.2) is 69.3 Å². The van der Waals surface area contributed by atoms with Gasteiger partial charge in [0.1, 0.15) is 29.6 Å². The Hall–Kier alpha value is -4.19. The van der Waals surface area contributed by atoms with Crippen LogP contribution in [0.5, 0.6) is 5.75 Å². The lowest BCUT2D eigenvalue weighted by atomic mass is 10.1. The Balaban J connectivity index is 1.61. The Kier molecular flexibility index (Phi) is 7.06. The van der Waals surface area contributed by atoms with Crippen LogP contribution in [0.3, 0.4) is 0 Å². The number of nitrogens with one attached hydrogen (secondary N) is 2. The van der Waals surface area contributed by atoms with Gasteiger partial charge >= 0.3 is 0 Å². The molecule has 1 amide bonds. The van der Waals surface area contributed by atoms with Crippen molar-refractivity contribution in [2.24, 2.45) is 10.7 Å². The van der Waals surface area contributed by atoms with Crippen molar-refractivity contribution in [2.75, 3.05) is 31.8 Å². The molecule has 0 radical (unpaired) electrons. The number of para-hydroxylation sites is 1. The molecule has 4 rings (SSSR count). The summed E-state index contributed by atoms with van der Waals surface area (Å²) >= 11 is 0. The molecule has 190 valence electrons. The number of carbonyl (C=O) groups is 1. The van der Waals surface area contributed by atoms with Gasteiger partial charge < -0.3 is 21.1 Å². The van der Waals surface area contributed by atoms with Crippen LogP contribution in [0, 0.1) is 13.8 Å². The van der Waals surface area contributed by atoms with Crippen molar-refractivity contribution in [2.45, 2.75) is 39.5 Å². The van der Waals surface area contributed by atoms with Crippen molar-refractivity contribution in [3.8, 4) is 5.75 Å². The van der Waals surface area contributed by atoms with E-state index in [2.05, 4.69) is 30.7 Å². The monoisotopic (exact) mass is 492 g/mol. The van der Waals surface area contributed by atoms with Crippen LogP contribution in [0.1, 0.15) is 40.4 Å². The highest BCUT2D eigenvalue weighted by Gasteiger charge is 2.27. The highest BCUT2D eigenvalue weighted by atomic mass is 16.5. The Morgan fingerprint density at radius 1 is 1.28 bits per heavy atom. The normalized spacial score (nSPS) is 16.3. The van der Waals surface area contributed by atoms with Gasteiger partial charge in [0, 0.05) is 37.6 Å². The molecule has 0 saturated heterocycles. The number of benzene rings is 1. The van der Waals surface area contributed by atoms with E-state index in [-0.39, 0.29) is 23.6 Å². The van der Waals surface area contributed by atoms with Crippen LogP contribution in [0.15, 0.2) is 35.5 Å². The smallest absolute Gasteiger partial charge is 0.254 e. The third-order valence-electron chi connectivity index (χ3n) is 5.99. The summed E-state index contributed by atoms with van der Waals surface area (Å²) in [7, 11) is 5.45. The van der Waals surface area contributed by atoms with Crippen LogP contribution in [-0.2, 0) is 6.54 Å². The van der Waals surface area contributed by atoms with E-state index in [1.54, 1.807) is 13.4 Å². The van der Waals surface area contributed by atoms with Gasteiger partial charge in [0.2, 0.25) is 5.95 Å². The van der Waals surface area contributed by atoms with E-state index in [1.807, 2.05) is 73.8 Å². The molecule has 1 aliphatic heterocycles. The van der Waals surface area contributed by atoms with E-state index in [0.717, 1.165) is 17.0 Å². The summed E-state index contributed by atoms with van der Waals surface area (Å²) in [5.41, 5.74) is 9.30. The lowest BCUT2D eigenvalue weighted by Gasteiger charge is -2.26. The van der Waals surface area contributed by atoms with Crippen molar-refractivity contribution < 1.29 is 9.53 Å². The number of anilines is 3. The van der Waals surface area contributed by atoms with Crippen molar-refractivity contribution in [1.82, 2.24) is 29.8 Å². The Morgan fingerprint density at radius 3 is 2.67 bits per heavy atom. The van der Waals surface area contributed by atoms with E-state index in [4.69, 9.17) is 10.5 Å². The van der Waals surface area contributed by atoms with Gasteiger partial charge in [-0.15, -0.1) is 0 Å². The zero-order chi connectivity index (χ0) is 26.0. The van der Waals surface area contributed by atoms with E-state index in [9.17, 15) is 4.79 Å². The summed E-state index contributed by atoms with van der Waals surface area (Å²) in [5, 5.41) is 14.9. The summed E-state index contributed by atoms with van der Waals surface area (Å²) in [4.78, 5) is 25.6. The molecule has 4 N–H and O–H groups in total. The minimum Gasteiger partial charge on any atom is -0.494 e. The summed E-state index contributed by atoms with van der Waals surface area (Å²) in [5.74, 6) is 0.572. The predicted molar refractivity (Wildman–Crippen MR) is 138 cm³/mol. The quantitative estimate of drug-likeness (QED) is 0.411. The summed E-state index contributed by atoms with van der Waals surface area (Å²) in [6, 6.07) is 7.69. The Labute approximate surface area is 210 Å². The number of rotatable bonds is 9. The largest absolute Gasteiger partial charge is 0.494 e. The molecule has 12 heteroatoms. The van der Waals surface area contributed by atoms with Gasteiger partial charge in [-0.3, -0.25) is 14.5 Å². The van der Waals surface area contributed by atoms with Crippen LogP contribution in [0.25, 0.3) is 0 Å². The van der Waals surface area contributed by atoms with Crippen molar-refractivity contribution in [3.05, 3.63) is 53.0 Å². The minimum atomic E-state index is -0.642. The number of hydrogen-bond acceptors (Lipinski definition) is 10. The highest BCUT2D eigenvalue weighted by Crippen LogP contribution is 2.38. The van der Waals surface area contributed by atoms with Gasteiger partial charge in [-0.25, -0.2) is 9.98 Å². The fourth-order valence-corrected chi connectivity index (χ4v) is 4.12. The van der Waals surface area contributed by atoms with E-state index in [1.165, 1.54) is 6.20 Å². The Bertz CT molecular complexity index is 1290. The van der Waals surface area contributed by atoms with E-state index < -0.39 is 5.91 Å². The molecular formula is C24H32N10O2. The lowest BCUT2D eigenvalue weighted by molar-refractivity contribution is 0.0849. The zero-order valence-corrected chi connectivity index (χ0v) is 21.4. The maximum Gasteiger partial charge on any atom is 0.254 e. The fraction of sp³-hybridized carbons (Fsp3) is 0.375. The first kappa shape index (κ1) is 24.9. The zero-order valence-electron chi connectivity index (χ0n) is 21.4. The first-order valence-electron chi connectivity index (χ1n) is 11.5. The second-order valence-electron chi connectivity index (χ2n) is 8.81. The van der Waals surface area contributed by atoms with E-state index in [0.29, 0.717) is 23.9 Å². The molecule has 3 heterocycles. The van der Waals surface area contributed by atoms with Crippen molar-refractivity contribution in [3.63, 3.8) is 0 Å². The number of ether oxygens (including phenoxy) is 1. The summed E-state index contributed by atoms with van der Waals surface area (Å²) in [6.07, 6.45) is 2.92. The number of amides is 1. The van der Waals surface area contributed by atoms with E-state index >= 15 is 0 Å². The molecule has 0 spiro atoms. The number of primary amides is 1. The number of nitrogens with zero attached hydrogens (tertiary/aromatic N) is 7. The van der Waals surface area contributed by atoms with Gasteiger partial charge in [-0.1, -0.05) is 12.1 Å². The molecule has 2 atom stereocenters. The number of nitrogens with two attached hydrogens (primary N) is 1. The number of hydrazine groups is 1. The standard InChI is InChI=1S/C24H32N10O2/c1-14-10-16(3)34(31-14)12-15(2)28-24-26-11-18(21(25)35)22(30-24)29-19-9-7-8-17(20(19)36-6)23-27-13-32(4)33(23)5/h7-11,13,15,23H,12H2,1-6H3,(H2,25,35)(H2,26,28,29,30). The molecular weight excluding hydrogens is 460 g/mol. The first-order chi connectivity index (χ1) is 17.2. The van der Waals surface area contributed by atoms with Crippen molar-refractivity contribution in [1.29, 1.82) is 0 Å². The number of aryl methyl sites for hydroxylation is 2. The predicted octanol–water partition coefficient (Wildman–Crippen LogP) is 2.46. The SMILES string of the molecule is COc1c(Nc2nc(NC(C)Cn3nc(C)cc3C)ncc2C(N)=O)cccc1C1N=CN(C)N1C. The topological polar surface area (TPSA) is 139 Å². The molecule has 0 aliphatic carbocycles. The summed E-state index contributed by atoms with van der Waals surface area (Å²) in [6.45, 7) is 6.62. The molecule has 12 nitrogen and oxygen atoms in total. The third-order valence-corrected chi connectivity index (χ3v) is 5.99. The van der Waals surface area contributed by atoms with Crippen LogP contribution >= 0.6 is 0 Å². The number of aromatic nitrogens is 4. The molecule has 0 saturated carbocycles. The maximum absolute atomic E-state index is 12.1. The number of methoxy groups -OCH3 is 1. The second kappa shape index (κ2) is 10.2. The Morgan fingerprint density at radius 2 is 2.06 bits per heavy atom. The van der Waals surface area contributed by atoms with Gasteiger partial charge in [0.15, 0.2) is 0 Å². The molecule has 2 aromatic heterocycles. The van der Waals surface area contributed by atoms with Gasteiger partial charge in [0.25, 0.3) is 5.91 Å². The highest BCUT2D eigenvalue weighted by molar-refractivity contribution is 5.98. The lowest BCUT2D eigenvalue weighted by Crippen LogP contribution is -2.32. The second-order valence-corrected chi connectivity index (χ2v) is 8.81. The van der Waals surface area contributed by atoms with Crippen molar-refractivity contribution >= 4 is 29.7 Å².